The second-order valence-corrected chi connectivity index (χ2v) is 28.5. The van der Waals surface area contributed by atoms with E-state index in [4.69, 9.17) is 13.8 Å². The molecule has 9 nitrogen and oxygen atoms in total. The van der Waals surface area contributed by atoms with Crippen LogP contribution in [0.25, 0.3) is 0 Å². The van der Waals surface area contributed by atoms with Crippen LogP contribution in [-0.4, -0.2) is 69.4 Å². The Balaban J connectivity index is 4.97. The smallest absolute Gasteiger partial charge is 0.306 e. The van der Waals surface area contributed by atoms with Crippen molar-refractivity contribution in [1.82, 2.24) is 5.32 Å². The fourth-order valence-electron chi connectivity index (χ4n) is 11.2. The average Bonchev–Trinajstić information content (AvgIpc) is 3.11. The van der Waals surface area contributed by atoms with Crippen molar-refractivity contribution in [3.63, 3.8) is 0 Å². The van der Waals surface area contributed by atoms with E-state index in [0.717, 1.165) is 103 Å². The van der Waals surface area contributed by atoms with Gasteiger partial charge in [-0.15, -0.1) is 0 Å². The summed E-state index contributed by atoms with van der Waals surface area (Å²) in [5.74, 6) is -0.536. The number of hydrogen-bond donors (Lipinski definition) is 1. The number of nitrogens with one attached hydrogen (secondary N) is 1. The maximum Gasteiger partial charge on any atom is 0.306 e. The molecule has 0 fully saturated rings. The van der Waals surface area contributed by atoms with Gasteiger partial charge in [-0.2, -0.15) is 0 Å². The maximum absolute atomic E-state index is 13.6. The van der Waals surface area contributed by atoms with E-state index in [1.54, 1.807) is 0 Å². The van der Waals surface area contributed by atoms with Gasteiger partial charge in [0, 0.05) is 12.8 Å². The molecule has 90 heavy (non-hydrogen) atoms. The molecule has 0 bridgehead atoms. The molecule has 0 aliphatic rings. The number of carbonyl (C=O) groups excluding carboxylic acids is 2. The number of phosphoric acid groups is 1. The molecule has 0 radical (unpaired) electrons. The van der Waals surface area contributed by atoms with Gasteiger partial charge in [0.15, 0.2) is 0 Å². The minimum absolute atomic E-state index is 0.0250. The lowest BCUT2D eigenvalue weighted by Crippen LogP contribution is -2.47. The van der Waals surface area contributed by atoms with Crippen molar-refractivity contribution in [3.05, 3.63) is 85.1 Å². The predicted octanol–water partition coefficient (Wildman–Crippen LogP) is 24.2. The second kappa shape index (κ2) is 69.0. The molecule has 524 valence electrons. The highest BCUT2D eigenvalue weighted by molar-refractivity contribution is 7.45. The number of likely N-dealkylation sites (N-methyl/N-ethyl adjacent to an activating group) is 1. The first-order valence-corrected chi connectivity index (χ1v) is 39.9. The van der Waals surface area contributed by atoms with Crippen molar-refractivity contribution in [2.24, 2.45) is 0 Å². The molecule has 0 saturated carbocycles. The molecule has 1 amide bonds. The third kappa shape index (κ3) is 69.5. The zero-order chi connectivity index (χ0) is 65.6. The van der Waals surface area contributed by atoms with E-state index in [9.17, 15) is 19.0 Å². The van der Waals surface area contributed by atoms with Crippen LogP contribution in [0.3, 0.4) is 0 Å². The van der Waals surface area contributed by atoms with Gasteiger partial charge in [0.05, 0.1) is 33.8 Å². The third-order valence-electron chi connectivity index (χ3n) is 17.1. The van der Waals surface area contributed by atoms with Gasteiger partial charge >= 0.3 is 5.97 Å². The summed E-state index contributed by atoms with van der Waals surface area (Å²) in [7, 11) is 1.19. The summed E-state index contributed by atoms with van der Waals surface area (Å²) in [6.07, 6.45) is 92.9. The van der Waals surface area contributed by atoms with Gasteiger partial charge in [0.2, 0.25) is 5.91 Å². The lowest BCUT2D eigenvalue weighted by molar-refractivity contribution is -0.870. The van der Waals surface area contributed by atoms with E-state index in [-0.39, 0.29) is 24.9 Å². The van der Waals surface area contributed by atoms with E-state index >= 15 is 0 Å². The zero-order valence-corrected chi connectivity index (χ0v) is 61.0. The molecule has 0 aromatic carbocycles. The Morgan fingerprint density at radius 2 is 0.711 bits per heavy atom. The summed E-state index contributed by atoms with van der Waals surface area (Å²) in [6.45, 7) is 6.76. The Morgan fingerprint density at radius 3 is 1.08 bits per heavy atom. The Morgan fingerprint density at radius 1 is 0.400 bits per heavy atom. The fraction of sp³-hybridized carbons (Fsp3) is 0.800. The topological polar surface area (TPSA) is 114 Å². The molecule has 10 heteroatoms. The van der Waals surface area contributed by atoms with E-state index in [1.807, 2.05) is 33.3 Å². The molecule has 3 unspecified atom stereocenters. The lowest BCUT2D eigenvalue weighted by Gasteiger charge is -2.30. The molecular formula is C80H147N2O7P. The number of carbonyl (C=O) groups is 2. The highest BCUT2D eigenvalue weighted by atomic mass is 31.2. The summed E-state index contributed by atoms with van der Waals surface area (Å²) in [6, 6.07) is -0.896. The molecule has 0 aliphatic heterocycles. The fourth-order valence-corrected chi connectivity index (χ4v) is 11.9. The molecular weight excluding hydrogens is 1130 g/mol. The number of rotatable bonds is 70. The van der Waals surface area contributed by atoms with Gasteiger partial charge in [0.25, 0.3) is 7.82 Å². The molecule has 0 rings (SSSR count). The lowest BCUT2D eigenvalue weighted by atomic mass is 10.0. The molecule has 0 spiro atoms. The number of unbranched alkanes of at least 4 members (excludes halogenated alkanes) is 42. The summed E-state index contributed by atoms with van der Waals surface area (Å²) >= 11 is 0. The number of allylic oxidation sites excluding steroid dienone is 13. The monoisotopic (exact) mass is 1280 g/mol. The van der Waals surface area contributed by atoms with Crippen molar-refractivity contribution < 1.29 is 37.3 Å². The first-order valence-electron chi connectivity index (χ1n) is 38.4. The highest BCUT2D eigenvalue weighted by Gasteiger charge is 2.27. The molecule has 0 aliphatic carbocycles. The van der Waals surface area contributed by atoms with Gasteiger partial charge in [0.1, 0.15) is 19.3 Å². The Labute approximate surface area is 558 Å². The van der Waals surface area contributed by atoms with E-state index in [1.165, 1.54) is 225 Å². The molecule has 1 N–H and O–H groups in total. The Kier molecular flexibility index (Phi) is 66.9. The third-order valence-corrected chi connectivity index (χ3v) is 18.0. The number of esters is 1. The number of ether oxygens (including phenoxy) is 1. The number of nitrogens with zero attached hydrogens (tertiary/aromatic N) is 1. The Hall–Kier alpha value is -2.81. The van der Waals surface area contributed by atoms with E-state index in [0.29, 0.717) is 17.4 Å². The first kappa shape index (κ1) is 87.2. The summed E-state index contributed by atoms with van der Waals surface area (Å²) in [4.78, 5) is 40.3. The van der Waals surface area contributed by atoms with Gasteiger partial charge in [-0.25, -0.2) is 0 Å². The van der Waals surface area contributed by atoms with Crippen LogP contribution >= 0.6 is 7.82 Å². The van der Waals surface area contributed by atoms with Crippen LogP contribution in [0.15, 0.2) is 85.1 Å². The van der Waals surface area contributed by atoms with Gasteiger partial charge in [-0.3, -0.25) is 14.2 Å². The van der Waals surface area contributed by atoms with E-state index < -0.39 is 26.6 Å². The summed E-state index contributed by atoms with van der Waals surface area (Å²) < 4.78 is 30.5. The SMILES string of the molecule is CC/C=C\C/C=C\C/C=C\C/C=C\C/C=C\CCCCCCCCCCCC(=O)NC(COP(=O)([O-])OCC[N+](C)(C)C)C(/C=C/CCCCCCCCCCCC)OC(=O)CCCCCCCCCCCCCCCCCCC/C=C/CCCCCCCC. The quantitative estimate of drug-likeness (QED) is 0.0212. The number of hydrogen-bond acceptors (Lipinski definition) is 7. The van der Waals surface area contributed by atoms with Crippen LogP contribution in [0, 0.1) is 0 Å². The van der Waals surface area contributed by atoms with Crippen molar-refractivity contribution >= 4 is 19.7 Å². The normalized spacial score (nSPS) is 13.9. The number of quaternary nitrogens is 1. The van der Waals surface area contributed by atoms with E-state index in [2.05, 4.69) is 99.0 Å². The van der Waals surface area contributed by atoms with Crippen LogP contribution in [-0.2, 0) is 27.9 Å². The summed E-state index contributed by atoms with van der Waals surface area (Å²) in [5.41, 5.74) is 0. The average molecular weight is 1280 g/mol. The number of phosphoric ester groups is 1. The first-order chi connectivity index (χ1) is 43.9. The van der Waals surface area contributed by atoms with Crippen LogP contribution in [0.1, 0.15) is 361 Å². The molecule has 3 atom stereocenters. The zero-order valence-electron chi connectivity index (χ0n) is 60.1. The minimum atomic E-state index is -4.71. The maximum atomic E-state index is 13.6. The largest absolute Gasteiger partial charge is 0.756 e. The van der Waals surface area contributed by atoms with Gasteiger partial charge in [-0.05, 0) is 102 Å². The molecule has 0 aromatic heterocycles. The van der Waals surface area contributed by atoms with Crippen molar-refractivity contribution in [3.8, 4) is 0 Å². The van der Waals surface area contributed by atoms with Gasteiger partial charge in [-0.1, -0.05) is 331 Å². The number of amides is 1. The van der Waals surface area contributed by atoms with Gasteiger partial charge < -0.3 is 28.5 Å². The van der Waals surface area contributed by atoms with Crippen molar-refractivity contribution in [1.29, 1.82) is 0 Å². The minimum Gasteiger partial charge on any atom is -0.756 e. The van der Waals surface area contributed by atoms with Crippen molar-refractivity contribution in [2.75, 3.05) is 40.9 Å². The van der Waals surface area contributed by atoms with Crippen LogP contribution in [0.4, 0.5) is 0 Å². The molecule has 0 heterocycles. The standard InChI is InChI=1S/C80H147N2O7P/c1-7-10-13-16-19-22-25-28-30-32-34-36-38-40-41-43-45-47-49-51-53-55-58-61-64-67-70-73-80(84)89-78(71-68-65-62-59-56-27-24-21-18-15-12-9-3)77(76-88-90(85,86)87-75-74-82(4,5)6)81-79(83)72-69-66-63-60-57-54-52-50-48-46-44-42-39-37-35-33-31-29-26-23-20-17-14-11-8-2/h11,14,20,23,28-31,35,37,42,44,68,71,77-78H,7-10,12-13,15-19,21-22,24-27,32-34,36,38-41,43,45-67,69-70,72-76H2,1-6H3,(H-,81,83,85,86)/b14-11-,23-20-,30-28+,31-29-,37-35-,44-42-,71-68+. The molecule has 0 aromatic rings. The molecule has 0 saturated heterocycles. The second-order valence-electron chi connectivity index (χ2n) is 27.1. The van der Waals surface area contributed by atoms with Crippen LogP contribution < -0.4 is 10.2 Å². The van der Waals surface area contributed by atoms with Crippen molar-refractivity contribution in [2.45, 2.75) is 373 Å². The van der Waals surface area contributed by atoms with Crippen LogP contribution in [0.5, 0.6) is 0 Å². The highest BCUT2D eigenvalue weighted by Crippen LogP contribution is 2.38. The predicted molar refractivity (Wildman–Crippen MR) is 390 cm³/mol. The summed E-state index contributed by atoms with van der Waals surface area (Å²) in [5, 5.41) is 3.05. The van der Waals surface area contributed by atoms with Crippen LogP contribution in [0.2, 0.25) is 0 Å². The Bertz CT molecular complexity index is 1810.